The van der Waals surface area contributed by atoms with Crippen molar-refractivity contribution in [2.75, 3.05) is 19.7 Å². The van der Waals surface area contributed by atoms with Crippen molar-refractivity contribution in [2.24, 2.45) is 0 Å². The lowest BCUT2D eigenvalue weighted by Gasteiger charge is -2.27. The fourth-order valence-corrected chi connectivity index (χ4v) is 2.87. The molecule has 1 aromatic heterocycles. The lowest BCUT2D eigenvalue weighted by molar-refractivity contribution is 0.193. The molecule has 122 valence electrons. The second-order valence-electron chi connectivity index (χ2n) is 6.01. The molecule has 0 aliphatic carbocycles. The van der Waals surface area contributed by atoms with E-state index in [1.54, 1.807) is 0 Å². The maximum atomic E-state index is 11.7. The topological polar surface area (TPSA) is 78.2 Å². The van der Waals surface area contributed by atoms with E-state index in [2.05, 4.69) is 27.0 Å². The Hall–Kier alpha value is -2.34. The Labute approximate surface area is 134 Å². The number of nitrogens with one attached hydrogen (secondary N) is 2. The normalized spacial score (nSPS) is 14.5. The summed E-state index contributed by atoms with van der Waals surface area (Å²) in [5.74, 6) is 0.910. The molecule has 0 unspecified atom stereocenters. The van der Waals surface area contributed by atoms with Crippen LogP contribution in [0.5, 0.6) is 5.75 Å². The van der Waals surface area contributed by atoms with E-state index in [4.69, 9.17) is 4.74 Å². The van der Waals surface area contributed by atoms with Crippen molar-refractivity contribution in [1.29, 1.82) is 0 Å². The van der Waals surface area contributed by atoms with Gasteiger partial charge < -0.3 is 9.72 Å². The summed E-state index contributed by atoms with van der Waals surface area (Å²) >= 11 is 0. The third-order valence-electron chi connectivity index (χ3n) is 4.20. The number of benzene rings is 1. The predicted octanol–water partition coefficient (Wildman–Crippen LogP) is 1.12. The molecule has 6 heteroatoms. The van der Waals surface area contributed by atoms with E-state index >= 15 is 0 Å². The number of ether oxygens (including phenoxy) is 1. The Morgan fingerprint density at radius 3 is 2.87 bits per heavy atom. The Morgan fingerprint density at radius 1 is 1.22 bits per heavy atom. The van der Waals surface area contributed by atoms with E-state index in [0.29, 0.717) is 25.1 Å². The molecule has 0 spiro atoms. The van der Waals surface area contributed by atoms with Crippen LogP contribution in [0.3, 0.4) is 0 Å². The monoisotopic (exact) mass is 315 g/mol. The molecule has 1 aliphatic heterocycles. The van der Waals surface area contributed by atoms with Crippen molar-refractivity contribution in [1.82, 2.24) is 14.9 Å². The van der Waals surface area contributed by atoms with Crippen LogP contribution in [0.1, 0.15) is 22.4 Å². The van der Waals surface area contributed by atoms with Crippen molar-refractivity contribution in [3.63, 3.8) is 0 Å². The molecular weight excluding hydrogens is 294 g/mol. The number of hydrogen-bond donors (Lipinski definition) is 2. The highest BCUT2D eigenvalue weighted by Gasteiger charge is 2.19. The molecule has 1 aromatic carbocycles. The van der Waals surface area contributed by atoms with Crippen molar-refractivity contribution >= 4 is 0 Å². The molecule has 0 fully saturated rings. The summed E-state index contributed by atoms with van der Waals surface area (Å²) in [6, 6.07) is 6.16. The summed E-state index contributed by atoms with van der Waals surface area (Å²) < 4.78 is 5.87. The third kappa shape index (κ3) is 3.53. The SMILES string of the molecule is Cc1ccc(C)c(OCCN2CCc3c([nH]c(=O)[nH]c3=O)C2)c1. The Balaban J connectivity index is 1.61. The number of nitrogens with zero attached hydrogens (tertiary/aromatic N) is 1. The predicted molar refractivity (Wildman–Crippen MR) is 88.1 cm³/mol. The zero-order valence-corrected chi connectivity index (χ0v) is 13.4. The van der Waals surface area contributed by atoms with Crippen molar-refractivity contribution < 1.29 is 4.74 Å². The molecule has 2 N–H and O–H groups in total. The number of aryl methyl sites for hydroxylation is 2. The van der Waals surface area contributed by atoms with Crippen LogP contribution in [0.15, 0.2) is 27.8 Å². The highest BCUT2D eigenvalue weighted by molar-refractivity contribution is 5.35. The Kier molecular flexibility index (Phi) is 4.34. The number of hydrogen-bond acceptors (Lipinski definition) is 4. The Morgan fingerprint density at radius 2 is 2.04 bits per heavy atom. The molecule has 2 aromatic rings. The van der Waals surface area contributed by atoms with E-state index in [9.17, 15) is 9.59 Å². The van der Waals surface area contributed by atoms with Gasteiger partial charge in [0.05, 0.1) is 0 Å². The van der Waals surface area contributed by atoms with Crippen LogP contribution in [-0.2, 0) is 13.0 Å². The average Bonchev–Trinajstić information content (AvgIpc) is 2.50. The zero-order valence-electron chi connectivity index (χ0n) is 13.4. The lowest BCUT2D eigenvalue weighted by atomic mass is 10.1. The van der Waals surface area contributed by atoms with Crippen LogP contribution in [-0.4, -0.2) is 34.6 Å². The minimum atomic E-state index is -0.442. The summed E-state index contributed by atoms with van der Waals surface area (Å²) in [4.78, 5) is 30.3. The summed E-state index contributed by atoms with van der Waals surface area (Å²) in [5.41, 5.74) is 3.00. The number of aromatic nitrogens is 2. The number of aromatic amines is 2. The van der Waals surface area contributed by atoms with Crippen LogP contribution in [0.4, 0.5) is 0 Å². The molecule has 0 atom stereocenters. The third-order valence-corrected chi connectivity index (χ3v) is 4.20. The van der Waals surface area contributed by atoms with Gasteiger partial charge in [0, 0.05) is 30.9 Å². The first-order valence-electron chi connectivity index (χ1n) is 7.79. The van der Waals surface area contributed by atoms with Gasteiger partial charge in [-0.2, -0.15) is 0 Å². The summed E-state index contributed by atoms with van der Waals surface area (Å²) in [7, 11) is 0. The molecule has 2 heterocycles. The van der Waals surface area contributed by atoms with E-state index in [1.165, 1.54) is 5.56 Å². The molecule has 0 saturated heterocycles. The standard InChI is InChI=1S/C17H21N3O3/c1-11-3-4-12(2)15(9-11)23-8-7-20-6-5-13-14(10-20)18-17(22)19-16(13)21/h3-4,9H,5-8,10H2,1-2H3,(H2,18,19,21,22). The van der Waals surface area contributed by atoms with Gasteiger partial charge in [-0.1, -0.05) is 12.1 Å². The second kappa shape index (κ2) is 6.42. The molecule has 6 nitrogen and oxygen atoms in total. The largest absolute Gasteiger partial charge is 0.492 e. The van der Waals surface area contributed by atoms with Crippen LogP contribution >= 0.6 is 0 Å². The van der Waals surface area contributed by atoms with Gasteiger partial charge in [0.25, 0.3) is 5.56 Å². The maximum Gasteiger partial charge on any atom is 0.325 e. The smallest absolute Gasteiger partial charge is 0.325 e. The van der Waals surface area contributed by atoms with Gasteiger partial charge in [-0.3, -0.25) is 14.7 Å². The fourth-order valence-electron chi connectivity index (χ4n) is 2.87. The van der Waals surface area contributed by atoms with Gasteiger partial charge in [0.1, 0.15) is 12.4 Å². The average molecular weight is 315 g/mol. The van der Waals surface area contributed by atoms with Gasteiger partial charge in [-0.05, 0) is 37.5 Å². The minimum Gasteiger partial charge on any atom is -0.492 e. The van der Waals surface area contributed by atoms with E-state index in [0.717, 1.165) is 30.1 Å². The Bertz CT molecular complexity index is 823. The summed E-state index contributed by atoms with van der Waals surface area (Å²) in [5, 5.41) is 0. The summed E-state index contributed by atoms with van der Waals surface area (Å²) in [6.45, 7) is 6.77. The van der Waals surface area contributed by atoms with Gasteiger partial charge in [0.2, 0.25) is 0 Å². The van der Waals surface area contributed by atoms with Crippen LogP contribution in [0, 0.1) is 13.8 Å². The minimum absolute atomic E-state index is 0.268. The molecule has 0 amide bonds. The zero-order chi connectivity index (χ0) is 16.4. The second-order valence-corrected chi connectivity index (χ2v) is 6.01. The molecular formula is C17H21N3O3. The number of H-pyrrole nitrogens is 2. The first-order valence-corrected chi connectivity index (χ1v) is 7.79. The van der Waals surface area contributed by atoms with Gasteiger partial charge in [-0.25, -0.2) is 4.79 Å². The van der Waals surface area contributed by atoms with Crippen molar-refractivity contribution in [3.8, 4) is 5.75 Å². The van der Waals surface area contributed by atoms with E-state index in [1.807, 2.05) is 19.9 Å². The van der Waals surface area contributed by atoms with E-state index < -0.39 is 5.69 Å². The van der Waals surface area contributed by atoms with Crippen LogP contribution in [0.2, 0.25) is 0 Å². The highest BCUT2D eigenvalue weighted by Crippen LogP contribution is 2.19. The van der Waals surface area contributed by atoms with Gasteiger partial charge in [0.15, 0.2) is 0 Å². The highest BCUT2D eigenvalue weighted by atomic mass is 16.5. The van der Waals surface area contributed by atoms with Crippen molar-refractivity contribution in [2.45, 2.75) is 26.8 Å². The summed E-state index contributed by atoms with van der Waals surface area (Å²) in [6.07, 6.45) is 0.644. The first kappa shape index (κ1) is 15.6. The molecule has 23 heavy (non-hydrogen) atoms. The number of fused-ring (bicyclic) bond motifs is 1. The molecule has 0 radical (unpaired) electrons. The molecule has 0 saturated carbocycles. The molecule has 1 aliphatic rings. The molecule has 3 rings (SSSR count). The van der Waals surface area contributed by atoms with Crippen LogP contribution in [0.25, 0.3) is 0 Å². The maximum absolute atomic E-state index is 11.7. The lowest BCUT2D eigenvalue weighted by Crippen LogP contribution is -2.39. The quantitative estimate of drug-likeness (QED) is 0.886. The molecule has 0 bridgehead atoms. The van der Waals surface area contributed by atoms with Crippen LogP contribution < -0.4 is 16.0 Å². The van der Waals surface area contributed by atoms with Gasteiger partial charge in [-0.15, -0.1) is 0 Å². The van der Waals surface area contributed by atoms with Crippen molar-refractivity contribution in [3.05, 3.63) is 61.4 Å². The first-order chi connectivity index (χ1) is 11.0. The van der Waals surface area contributed by atoms with Gasteiger partial charge >= 0.3 is 5.69 Å². The van der Waals surface area contributed by atoms with E-state index in [-0.39, 0.29) is 5.56 Å². The fraction of sp³-hybridized carbons (Fsp3) is 0.412. The number of rotatable bonds is 4.